The summed E-state index contributed by atoms with van der Waals surface area (Å²) >= 11 is 0. The van der Waals surface area contributed by atoms with E-state index >= 15 is 0 Å². The molecule has 0 radical (unpaired) electrons. The van der Waals surface area contributed by atoms with E-state index in [1.165, 1.54) is 10.9 Å². The fourth-order valence-electron chi connectivity index (χ4n) is 3.71. The van der Waals surface area contributed by atoms with Crippen LogP contribution in [0.5, 0.6) is 0 Å². The molecule has 0 saturated carbocycles. The van der Waals surface area contributed by atoms with Crippen LogP contribution in [0, 0.1) is 0 Å². The predicted molar refractivity (Wildman–Crippen MR) is 99.2 cm³/mol. The number of hydrogen-bond acceptors (Lipinski definition) is 6. The van der Waals surface area contributed by atoms with Crippen molar-refractivity contribution < 1.29 is 18.8 Å². The molecule has 3 aromatic rings. The summed E-state index contributed by atoms with van der Waals surface area (Å²) in [5.41, 5.74) is 3.57. The van der Waals surface area contributed by atoms with E-state index in [4.69, 9.17) is 14.0 Å². The standard InChI is InChI=1S/C20H23N3O4/c1-2-26-20(24)27-23-8-4-16(5-9-23)18-13-22(12-15-6-10-25-14-15)19-11-21-7-3-17(18)19/h3,6-7,10-11,13-14,16H,2,4-5,8-9,12H2,1H3. The van der Waals surface area contributed by atoms with Gasteiger partial charge < -0.3 is 18.6 Å². The maximum Gasteiger partial charge on any atom is 0.527 e. The van der Waals surface area contributed by atoms with Gasteiger partial charge >= 0.3 is 6.16 Å². The average molecular weight is 369 g/mol. The van der Waals surface area contributed by atoms with Crippen LogP contribution in [0.15, 0.2) is 47.7 Å². The van der Waals surface area contributed by atoms with Crippen molar-refractivity contribution >= 4 is 17.1 Å². The second kappa shape index (κ2) is 7.84. The van der Waals surface area contributed by atoms with E-state index in [1.54, 1.807) is 24.5 Å². The summed E-state index contributed by atoms with van der Waals surface area (Å²) in [5, 5.41) is 2.93. The molecule has 0 amide bonds. The molecule has 27 heavy (non-hydrogen) atoms. The van der Waals surface area contributed by atoms with Crippen molar-refractivity contribution in [3.63, 3.8) is 0 Å². The first-order valence-electron chi connectivity index (χ1n) is 9.28. The highest BCUT2D eigenvalue weighted by Crippen LogP contribution is 2.34. The minimum Gasteiger partial charge on any atom is -0.472 e. The van der Waals surface area contributed by atoms with Crippen LogP contribution in [0.3, 0.4) is 0 Å². The third-order valence-corrected chi connectivity index (χ3v) is 5.01. The zero-order chi connectivity index (χ0) is 18.6. The second-order valence-electron chi connectivity index (χ2n) is 6.71. The van der Waals surface area contributed by atoms with Gasteiger partial charge in [0.05, 0.1) is 37.4 Å². The van der Waals surface area contributed by atoms with Gasteiger partial charge in [-0.25, -0.2) is 4.79 Å². The molecule has 0 atom stereocenters. The van der Waals surface area contributed by atoms with E-state index in [0.717, 1.165) is 30.5 Å². The van der Waals surface area contributed by atoms with Crippen LogP contribution in [0.25, 0.3) is 10.9 Å². The molecule has 4 heterocycles. The van der Waals surface area contributed by atoms with Crippen LogP contribution >= 0.6 is 0 Å². The topological polar surface area (TPSA) is 69.7 Å². The molecule has 7 heteroatoms. The van der Waals surface area contributed by atoms with Gasteiger partial charge in [0.2, 0.25) is 0 Å². The molecule has 0 aromatic carbocycles. The Morgan fingerprint density at radius 1 is 1.33 bits per heavy atom. The molecule has 0 spiro atoms. The lowest BCUT2D eigenvalue weighted by molar-refractivity contribution is -0.138. The summed E-state index contributed by atoms with van der Waals surface area (Å²) in [5.74, 6) is 0.419. The zero-order valence-corrected chi connectivity index (χ0v) is 15.3. The minimum absolute atomic E-state index is 0.319. The molecule has 1 fully saturated rings. The number of piperidine rings is 1. The maximum absolute atomic E-state index is 11.5. The molecule has 0 unspecified atom stereocenters. The lowest BCUT2D eigenvalue weighted by Crippen LogP contribution is -2.35. The fraction of sp³-hybridized carbons (Fsp3) is 0.400. The highest BCUT2D eigenvalue weighted by atomic mass is 16.8. The van der Waals surface area contributed by atoms with Gasteiger partial charge in [-0.2, -0.15) is 0 Å². The first kappa shape index (κ1) is 17.6. The van der Waals surface area contributed by atoms with Crippen LogP contribution in [0.2, 0.25) is 0 Å². The Morgan fingerprint density at radius 3 is 2.93 bits per heavy atom. The Hall–Kier alpha value is -2.80. The van der Waals surface area contributed by atoms with Gasteiger partial charge in [-0.1, -0.05) is 0 Å². The molecule has 3 aromatic heterocycles. The highest BCUT2D eigenvalue weighted by molar-refractivity contribution is 5.83. The van der Waals surface area contributed by atoms with Gasteiger partial charge in [0.15, 0.2) is 0 Å². The summed E-state index contributed by atoms with van der Waals surface area (Å²) in [6.07, 6.45) is 10.7. The Kier molecular flexibility index (Phi) is 5.11. The molecule has 1 saturated heterocycles. The Morgan fingerprint density at radius 2 is 2.19 bits per heavy atom. The zero-order valence-electron chi connectivity index (χ0n) is 15.3. The van der Waals surface area contributed by atoms with Crippen LogP contribution in [-0.2, 0) is 16.1 Å². The Balaban J connectivity index is 1.50. The molecule has 1 aliphatic rings. The molecule has 0 bridgehead atoms. The summed E-state index contributed by atoms with van der Waals surface area (Å²) in [7, 11) is 0. The SMILES string of the molecule is CCOC(=O)ON1CCC(c2cn(Cc3ccoc3)c3cnccc23)CC1. The number of hydrogen-bond donors (Lipinski definition) is 0. The normalized spacial score (nSPS) is 15.9. The van der Waals surface area contributed by atoms with Crippen molar-refractivity contribution in [3.8, 4) is 0 Å². The molecule has 142 valence electrons. The summed E-state index contributed by atoms with van der Waals surface area (Å²) in [6.45, 7) is 4.23. The second-order valence-corrected chi connectivity index (χ2v) is 6.71. The van der Waals surface area contributed by atoms with E-state index in [0.29, 0.717) is 25.6 Å². The number of carbonyl (C=O) groups excluding carboxylic acids is 1. The quantitative estimate of drug-likeness (QED) is 0.635. The number of fused-ring (bicyclic) bond motifs is 1. The number of pyridine rings is 1. The molecule has 4 rings (SSSR count). The molecular formula is C20H23N3O4. The van der Waals surface area contributed by atoms with Gasteiger partial charge in [0.1, 0.15) is 0 Å². The lowest BCUT2D eigenvalue weighted by atomic mass is 9.90. The molecule has 7 nitrogen and oxygen atoms in total. The number of hydroxylamine groups is 2. The molecule has 0 aliphatic carbocycles. The van der Waals surface area contributed by atoms with Crippen LogP contribution < -0.4 is 0 Å². The number of ether oxygens (including phenoxy) is 1. The first-order chi connectivity index (χ1) is 13.2. The smallest absolute Gasteiger partial charge is 0.472 e. The van der Waals surface area contributed by atoms with E-state index in [9.17, 15) is 4.79 Å². The fourth-order valence-corrected chi connectivity index (χ4v) is 3.71. The third-order valence-electron chi connectivity index (χ3n) is 5.01. The van der Waals surface area contributed by atoms with E-state index in [1.807, 2.05) is 18.5 Å². The van der Waals surface area contributed by atoms with Crippen molar-refractivity contribution in [1.82, 2.24) is 14.6 Å². The van der Waals surface area contributed by atoms with Crippen LogP contribution in [0.1, 0.15) is 36.8 Å². The summed E-state index contributed by atoms with van der Waals surface area (Å²) < 4.78 is 12.3. The highest BCUT2D eigenvalue weighted by Gasteiger charge is 2.26. The number of rotatable bonds is 5. The number of carbonyl (C=O) groups is 1. The van der Waals surface area contributed by atoms with Crippen LogP contribution in [-0.4, -0.2) is 40.5 Å². The van der Waals surface area contributed by atoms with Gasteiger partial charge in [-0.05, 0) is 43.4 Å². The number of furan rings is 1. The van der Waals surface area contributed by atoms with Crippen molar-refractivity contribution in [2.24, 2.45) is 0 Å². The molecule has 1 aliphatic heterocycles. The molecular weight excluding hydrogens is 346 g/mol. The van der Waals surface area contributed by atoms with Crippen LogP contribution in [0.4, 0.5) is 4.79 Å². The van der Waals surface area contributed by atoms with Crippen molar-refractivity contribution in [3.05, 3.63) is 54.4 Å². The molecule has 0 N–H and O–H groups in total. The Labute approximate surface area is 157 Å². The van der Waals surface area contributed by atoms with Gasteiger partial charge in [0, 0.05) is 36.4 Å². The van der Waals surface area contributed by atoms with E-state index < -0.39 is 6.16 Å². The van der Waals surface area contributed by atoms with Crippen molar-refractivity contribution in [2.75, 3.05) is 19.7 Å². The number of aromatic nitrogens is 2. The first-order valence-corrected chi connectivity index (χ1v) is 9.28. The largest absolute Gasteiger partial charge is 0.527 e. The third kappa shape index (κ3) is 3.83. The van der Waals surface area contributed by atoms with Gasteiger partial charge in [-0.15, -0.1) is 5.06 Å². The van der Waals surface area contributed by atoms with Gasteiger partial charge in [-0.3, -0.25) is 4.98 Å². The summed E-state index contributed by atoms with van der Waals surface area (Å²) in [6, 6.07) is 4.06. The predicted octanol–water partition coefficient (Wildman–Crippen LogP) is 3.95. The van der Waals surface area contributed by atoms with Crippen molar-refractivity contribution in [2.45, 2.75) is 32.2 Å². The van der Waals surface area contributed by atoms with E-state index in [2.05, 4.69) is 21.8 Å². The minimum atomic E-state index is -0.626. The number of nitrogens with zero attached hydrogens (tertiary/aromatic N) is 3. The maximum atomic E-state index is 11.5. The average Bonchev–Trinajstić information content (AvgIpc) is 3.32. The van der Waals surface area contributed by atoms with Crippen molar-refractivity contribution in [1.29, 1.82) is 0 Å². The lowest BCUT2D eigenvalue weighted by Gasteiger charge is -2.29. The Bertz CT molecular complexity index is 895. The monoisotopic (exact) mass is 369 g/mol. The van der Waals surface area contributed by atoms with E-state index in [-0.39, 0.29) is 0 Å². The van der Waals surface area contributed by atoms with Gasteiger partial charge in [0.25, 0.3) is 0 Å². The summed E-state index contributed by atoms with van der Waals surface area (Å²) in [4.78, 5) is 21.0.